The molecule has 5 aliphatic carbocycles. The molecule has 0 saturated heterocycles. The minimum absolute atomic E-state index is 0.0378. The highest BCUT2D eigenvalue weighted by molar-refractivity contribution is 5.92. The number of hydrogen-bond donors (Lipinski definition) is 3. The SMILES string of the molecule is CN[C@@H](C)[C@H]1[C@H](OC(=O)C(C)(C)C)C[C@@]2(C)[C@@H]3CC[C@@H]4C5(CC[C@H](NC(=O)C(C)C)[C@@]4(C)CNCc4ccccc4)C[C@@]35C(=O)C[C@]12C. The molecule has 0 bridgehead atoms. The molecule has 1 aromatic rings. The molecule has 0 aromatic heterocycles. The number of carbonyl (C=O) groups excluding carboxylic acids is 3. The normalized spacial score (nSPS) is 42.2. The number of carbonyl (C=O) groups is 3. The molecule has 3 N–H and O–H groups in total. The number of nitrogens with one attached hydrogen (secondary N) is 3. The molecule has 0 heterocycles. The lowest BCUT2D eigenvalue weighted by Crippen LogP contribution is -2.65. The van der Waals surface area contributed by atoms with E-state index in [0.717, 1.165) is 51.6 Å². The fourth-order valence-corrected chi connectivity index (χ4v) is 12.4. The second kappa shape index (κ2) is 11.9. The first kappa shape index (κ1) is 35.6. The summed E-state index contributed by atoms with van der Waals surface area (Å²) in [7, 11) is 1.99. The van der Waals surface area contributed by atoms with Crippen molar-refractivity contribution in [3.63, 3.8) is 0 Å². The second-order valence-corrected chi connectivity index (χ2v) is 18.8. The highest BCUT2D eigenvalue weighted by Gasteiger charge is 2.86. The van der Waals surface area contributed by atoms with Crippen LogP contribution in [0.5, 0.6) is 0 Å². The van der Waals surface area contributed by atoms with Gasteiger partial charge in [0.1, 0.15) is 11.9 Å². The van der Waals surface area contributed by atoms with Crippen LogP contribution in [-0.4, -0.2) is 49.4 Å². The summed E-state index contributed by atoms with van der Waals surface area (Å²) in [6.45, 7) is 20.7. The van der Waals surface area contributed by atoms with E-state index in [4.69, 9.17) is 4.74 Å². The van der Waals surface area contributed by atoms with Gasteiger partial charge in [-0.25, -0.2) is 0 Å². The van der Waals surface area contributed by atoms with Gasteiger partial charge in [-0.1, -0.05) is 65.0 Å². The zero-order valence-electron chi connectivity index (χ0n) is 31.4. The minimum Gasteiger partial charge on any atom is -0.462 e. The van der Waals surface area contributed by atoms with Crippen molar-refractivity contribution in [2.24, 2.45) is 56.2 Å². The highest BCUT2D eigenvalue weighted by Crippen LogP contribution is 2.88. The third kappa shape index (κ3) is 5.06. The van der Waals surface area contributed by atoms with E-state index < -0.39 is 5.41 Å². The van der Waals surface area contributed by atoms with Gasteiger partial charge in [0.05, 0.1) is 5.41 Å². The molecule has 5 fully saturated rings. The number of Topliss-reactive ketones (excluding diaryl/α,β-unsaturated/α-hetero) is 1. The number of fused-ring (bicyclic) bond motifs is 2. The average molecular weight is 662 g/mol. The fourth-order valence-electron chi connectivity index (χ4n) is 12.4. The van der Waals surface area contributed by atoms with Crippen LogP contribution in [0.1, 0.15) is 113 Å². The number of benzene rings is 1. The summed E-state index contributed by atoms with van der Waals surface area (Å²) in [5.41, 5.74) is -0.274. The Morgan fingerprint density at radius 2 is 1.65 bits per heavy atom. The molecule has 2 spiro atoms. The van der Waals surface area contributed by atoms with Crippen molar-refractivity contribution >= 4 is 17.7 Å². The van der Waals surface area contributed by atoms with E-state index in [2.05, 4.69) is 67.9 Å². The molecule has 48 heavy (non-hydrogen) atoms. The Bertz CT molecular complexity index is 1420. The molecule has 1 amide bonds. The molecule has 1 unspecified atom stereocenters. The van der Waals surface area contributed by atoms with Crippen molar-refractivity contribution in [3.8, 4) is 0 Å². The van der Waals surface area contributed by atoms with Gasteiger partial charge in [-0.2, -0.15) is 0 Å². The van der Waals surface area contributed by atoms with Gasteiger partial charge in [-0.15, -0.1) is 0 Å². The van der Waals surface area contributed by atoms with Gasteiger partial charge in [0.2, 0.25) is 5.91 Å². The van der Waals surface area contributed by atoms with E-state index in [1.165, 1.54) is 5.56 Å². The molecule has 0 aliphatic heterocycles. The number of esters is 1. The summed E-state index contributed by atoms with van der Waals surface area (Å²) in [5, 5.41) is 10.8. The Labute approximate surface area is 289 Å². The van der Waals surface area contributed by atoms with E-state index in [1.54, 1.807) is 0 Å². The van der Waals surface area contributed by atoms with Gasteiger partial charge in [-0.3, -0.25) is 14.4 Å². The smallest absolute Gasteiger partial charge is 0.311 e. The first-order valence-corrected chi connectivity index (χ1v) is 18.9. The Balaban J connectivity index is 1.34. The first-order valence-electron chi connectivity index (χ1n) is 18.9. The van der Waals surface area contributed by atoms with Crippen LogP contribution < -0.4 is 16.0 Å². The zero-order valence-corrected chi connectivity index (χ0v) is 31.4. The van der Waals surface area contributed by atoms with Crippen LogP contribution in [0, 0.1) is 56.2 Å². The van der Waals surface area contributed by atoms with Crippen LogP contribution in [0.3, 0.4) is 0 Å². The van der Waals surface area contributed by atoms with E-state index in [-0.39, 0.29) is 74.9 Å². The van der Waals surface area contributed by atoms with Crippen molar-refractivity contribution in [2.75, 3.05) is 13.6 Å². The summed E-state index contributed by atoms with van der Waals surface area (Å²) >= 11 is 0. The van der Waals surface area contributed by atoms with Crippen molar-refractivity contribution in [3.05, 3.63) is 35.9 Å². The van der Waals surface area contributed by atoms with Crippen LogP contribution in [0.25, 0.3) is 0 Å². The van der Waals surface area contributed by atoms with E-state index in [9.17, 15) is 9.59 Å². The van der Waals surface area contributed by atoms with E-state index in [1.807, 2.05) is 47.7 Å². The summed E-state index contributed by atoms with van der Waals surface area (Å²) in [4.78, 5) is 41.5. The molecule has 266 valence electrons. The van der Waals surface area contributed by atoms with Crippen molar-refractivity contribution in [2.45, 2.75) is 132 Å². The van der Waals surface area contributed by atoms with Crippen LogP contribution in [0.4, 0.5) is 0 Å². The Hall–Kier alpha value is -2.25. The molecular weight excluding hydrogens is 598 g/mol. The molecule has 11 atom stereocenters. The standard InChI is InChI=1S/C41H63N3O4/c1-25(2)34(46)44-31-18-19-40-23-41(40)30(17-16-29(40)37(31,7)24-43-22-27-14-12-11-13-15-27)38(8)20-28(48-35(47)36(4,5)6)33(26(3)42-10)39(38,9)21-32(41)45/h11-15,25-26,28-31,33,42-43H,16-24H2,1-10H3,(H,44,46)/t26-,28+,29-,30-,31-,33-,37-,38-,39+,40?,41-/m0/s1. The van der Waals surface area contributed by atoms with Crippen LogP contribution in [0.2, 0.25) is 0 Å². The molecule has 5 saturated carbocycles. The third-order valence-corrected chi connectivity index (χ3v) is 15.1. The number of rotatable bonds is 9. The molecule has 0 radical (unpaired) electrons. The molecule has 7 heteroatoms. The van der Waals surface area contributed by atoms with Crippen molar-refractivity contribution in [1.29, 1.82) is 0 Å². The average Bonchev–Trinajstić information content (AvgIpc) is 3.65. The Morgan fingerprint density at radius 3 is 2.27 bits per heavy atom. The summed E-state index contributed by atoms with van der Waals surface area (Å²) in [6, 6.07) is 10.7. The third-order valence-electron chi connectivity index (χ3n) is 15.1. The molecular formula is C41H63N3O4. The van der Waals surface area contributed by atoms with E-state index in [0.29, 0.717) is 18.1 Å². The number of amides is 1. The van der Waals surface area contributed by atoms with E-state index >= 15 is 4.79 Å². The van der Waals surface area contributed by atoms with Crippen LogP contribution >= 0.6 is 0 Å². The largest absolute Gasteiger partial charge is 0.462 e. The Kier molecular flexibility index (Phi) is 8.84. The zero-order chi connectivity index (χ0) is 35.1. The predicted octanol–water partition coefficient (Wildman–Crippen LogP) is 6.69. The number of ketones is 1. The molecule has 6 rings (SSSR count). The number of hydrogen-bond acceptors (Lipinski definition) is 6. The van der Waals surface area contributed by atoms with Crippen molar-refractivity contribution in [1.82, 2.24) is 16.0 Å². The van der Waals surface area contributed by atoms with Gasteiger partial charge < -0.3 is 20.7 Å². The first-order chi connectivity index (χ1) is 22.4. The quantitative estimate of drug-likeness (QED) is 0.255. The lowest BCUT2D eigenvalue weighted by atomic mass is 9.41. The van der Waals surface area contributed by atoms with Gasteiger partial charge in [0.25, 0.3) is 0 Å². The number of ether oxygens (including phenoxy) is 1. The van der Waals surface area contributed by atoms with Gasteiger partial charge in [0.15, 0.2) is 0 Å². The monoisotopic (exact) mass is 661 g/mol. The lowest BCUT2D eigenvalue weighted by Gasteiger charge is -2.63. The van der Waals surface area contributed by atoms with Crippen LogP contribution in [0.15, 0.2) is 30.3 Å². The van der Waals surface area contributed by atoms with Crippen molar-refractivity contribution < 1.29 is 19.1 Å². The highest BCUT2D eigenvalue weighted by atomic mass is 16.5. The summed E-state index contributed by atoms with van der Waals surface area (Å²) < 4.78 is 6.45. The van der Waals surface area contributed by atoms with Gasteiger partial charge >= 0.3 is 5.97 Å². The lowest BCUT2D eigenvalue weighted by molar-refractivity contribution is -0.170. The molecule has 7 nitrogen and oxygen atoms in total. The van der Waals surface area contributed by atoms with Gasteiger partial charge in [-0.05, 0) is 107 Å². The minimum atomic E-state index is -0.582. The fraction of sp³-hybridized carbons (Fsp3) is 0.780. The predicted molar refractivity (Wildman–Crippen MR) is 190 cm³/mol. The summed E-state index contributed by atoms with van der Waals surface area (Å²) in [6.07, 6.45) is 6.06. The Morgan fingerprint density at radius 1 is 0.979 bits per heavy atom. The topological polar surface area (TPSA) is 96.5 Å². The van der Waals surface area contributed by atoms with Crippen LogP contribution in [-0.2, 0) is 25.7 Å². The maximum atomic E-state index is 15.0. The second-order valence-electron chi connectivity index (χ2n) is 18.8. The maximum absolute atomic E-state index is 15.0. The summed E-state index contributed by atoms with van der Waals surface area (Å²) in [5.74, 6) is 1.02. The van der Waals surface area contributed by atoms with Gasteiger partial charge in [0, 0.05) is 54.3 Å². The molecule has 1 aromatic carbocycles. The maximum Gasteiger partial charge on any atom is 0.311 e. The molecule has 5 aliphatic rings.